The van der Waals surface area contributed by atoms with E-state index in [4.69, 9.17) is 17.0 Å². The first-order chi connectivity index (χ1) is 20.1. The summed E-state index contributed by atoms with van der Waals surface area (Å²) in [5.41, 5.74) is 4.54. The Hall–Kier alpha value is -5.02. The third-order valence-corrected chi connectivity index (χ3v) is 7.18. The second kappa shape index (κ2) is 11.6. The van der Waals surface area contributed by atoms with Crippen molar-refractivity contribution in [3.05, 3.63) is 133 Å². The molecule has 6 rings (SSSR count). The first kappa shape index (κ1) is 26.2. The molecule has 0 saturated carbocycles. The zero-order valence-corrected chi connectivity index (χ0v) is 23.2. The second-order valence-corrected chi connectivity index (χ2v) is 10.1. The number of rotatable bonds is 8. The summed E-state index contributed by atoms with van der Waals surface area (Å²) in [5, 5.41) is 6.98. The number of nitrogens with one attached hydrogen (secondary N) is 2. The molecule has 1 fully saturated rings. The van der Waals surface area contributed by atoms with Crippen LogP contribution in [0.15, 0.2) is 116 Å². The Morgan fingerprint density at radius 2 is 1.76 bits per heavy atom. The van der Waals surface area contributed by atoms with Gasteiger partial charge < -0.3 is 24.8 Å². The SMILES string of the molecule is Cc1ccc(-n2cccc2[C@H]2[C@@H](c3ccccn3)NC(=S)N2c2ccc(NC(=O)COc3ccccc3)cc2)nc1. The van der Waals surface area contributed by atoms with Gasteiger partial charge >= 0.3 is 0 Å². The van der Waals surface area contributed by atoms with Crippen molar-refractivity contribution < 1.29 is 9.53 Å². The smallest absolute Gasteiger partial charge is 0.262 e. The number of carbonyl (C=O) groups excluding carboxylic acids is 1. The predicted octanol–water partition coefficient (Wildman–Crippen LogP) is 5.77. The molecular weight excluding hydrogens is 532 g/mol. The monoisotopic (exact) mass is 560 g/mol. The van der Waals surface area contributed by atoms with Crippen molar-refractivity contribution in [2.45, 2.75) is 19.0 Å². The number of pyridine rings is 2. The van der Waals surface area contributed by atoms with Crippen LogP contribution in [0, 0.1) is 6.92 Å². The summed E-state index contributed by atoms with van der Waals surface area (Å²) in [6, 6.07) is 30.5. The Labute approximate surface area is 243 Å². The van der Waals surface area contributed by atoms with Crippen LogP contribution in [0.5, 0.6) is 5.75 Å². The molecule has 3 aromatic heterocycles. The van der Waals surface area contributed by atoms with Crippen LogP contribution in [-0.2, 0) is 4.79 Å². The average molecular weight is 561 g/mol. The molecular formula is C32H28N6O2S. The average Bonchev–Trinajstić information content (AvgIpc) is 3.62. The summed E-state index contributed by atoms with van der Waals surface area (Å²) >= 11 is 5.89. The molecule has 0 unspecified atom stereocenters. The van der Waals surface area contributed by atoms with Crippen LogP contribution in [0.2, 0.25) is 0 Å². The number of nitrogens with zero attached hydrogens (tertiary/aromatic N) is 4. The van der Waals surface area contributed by atoms with E-state index < -0.39 is 0 Å². The first-order valence-corrected chi connectivity index (χ1v) is 13.7. The van der Waals surface area contributed by atoms with Gasteiger partial charge in [-0.2, -0.15) is 0 Å². The van der Waals surface area contributed by atoms with Gasteiger partial charge in [0.25, 0.3) is 5.91 Å². The molecule has 1 aliphatic rings. The van der Waals surface area contributed by atoms with Gasteiger partial charge in [-0.05, 0) is 91.4 Å². The van der Waals surface area contributed by atoms with E-state index in [2.05, 4.69) is 42.2 Å². The van der Waals surface area contributed by atoms with Gasteiger partial charge in [-0.25, -0.2) is 4.98 Å². The van der Waals surface area contributed by atoms with Gasteiger partial charge in [0.1, 0.15) is 17.6 Å². The van der Waals surface area contributed by atoms with Crippen molar-refractivity contribution in [2.75, 3.05) is 16.8 Å². The number of hydrogen-bond acceptors (Lipinski definition) is 5. The molecule has 204 valence electrons. The minimum Gasteiger partial charge on any atom is -0.484 e. The van der Waals surface area contributed by atoms with E-state index >= 15 is 0 Å². The molecule has 0 radical (unpaired) electrons. The maximum absolute atomic E-state index is 12.5. The summed E-state index contributed by atoms with van der Waals surface area (Å²) in [5.74, 6) is 1.23. The van der Waals surface area contributed by atoms with Gasteiger partial charge in [-0.15, -0.1) is 0 Å². The van der Waals surface area contributed by atoms with Crippen LogP contribution in [0.3, 0.4) is 0 Å². The lowest BCUT2D eigenvalue weighted by molar-refractivity contribution is -0.118. The third kappa shape index (κ3) is 5.66. The summed E-state index contributed by atoms with van der Waals surface area (Å²) < 4.78 is 7.65. The number of aromatic nitrogens is 3. The third-order valence-electron chi connectivity index (χ3n) is 6.87. The van der Waals surface area contributed by atoms with Crippen LogP contribution in [-0.4, -0.2) is 32.2 Å². The highest BCUT2D eigenvalue weighted by molar-refractivity contribution is 7.80. The Morgan fingerprint density at radius 1 is 0.951 bits per heavy atom. The number of anilines is 2. The molecule has 5 aromatic rings. The normalized spacial score (nSPS) is 16.3. The quantitative estimate of drug-likeness (QED) is 0.233. The lowest BCUT2D eigenvalue weighted by Gasteiger charge is -2.29. The van der Waals surface area contributed by atoms with E-state index in [0.717, 1.165) is 28.5 Å². The molecule has 2 aromatic carbocycles. The van der Waals surface area contributed by atoms with Gasteiger partial charge in [0, 0.05) is 35.7 Å². The number of para-hydroxylation sites is 1. The highest BCUT2D eigenvalue weighted by Gasteiger charge is 2.42. The first-order valence-electron chi connectivity index (χ1n) is 13.3. The second-order valence-electron chi connectivity index (χ2n) is 9.69. The Kier molecular flexibility index (Phi) is 7.42. The zero-order valence-electron chi connectivity index (χ0n) is 22.3. The fraction of sp³-hybridized carbons (Fsp3) is 0.125. The maximum Gasteiger partial charge on any atom is 0.262 e. The molecule has 0 aliphatic carbocycles. The highest BCUT2D eigenvalue weighted by atomic mass is 32.1. The van der Waals surface area contributed by atoms with E-state index in [-0.39, 0.29) is 24.6 Å². The zero-order chi connectivity index (χ0) is 28.2. The largest absolute Gasteiger partial charge is 0.484 e. The van der Waals surface area contributed by atoms with Gasteiger partial charge in [-0.3, -0.25) is 9.78 Å². The van der Waals surface area contributed by atoms with Crippen LogP contribution in [0.25, 0.3) is 5.82 Å². The Morgan fingerprint density at radius 3 is 2.49 bits per heavy atom. The molecule has 9 heteroatoms. The van der Waals surface area contributed by atoms with Gasteiger partial charge in [0.05, 0.1) is 11.7 Å². The van der Waals surface area contributed by atoms with E-state index in [1.165, 1.54) is 0 Å². The van der Waals surface area contributed by atoms with E-state index in [9.17, 15) is 4.79 Å². The lowest BCUT2D eigenvalue weighted by Crippen LogP contribution is -2.30. The number of benzene rings is 2. The number of thiocarbonyl (C=S) groups is 1. The molecule has 41 heavy (non-hydrogen) atoms. The molecule has 8 nitrogen and oxygen atoms in total. The van der Waals surface area contributed by atoms with Gasteiger partial charge in [-0.1, -0.05) is 30.3 Å². The van der Waals surface area contributed by atoms with E-state index in [1.54, 1.807) is 6.20 Å². The molecule has 2 atom stereocenters. The van der Waals surface area contributed by atoms with Crippen molar-refractivity contribution in [3.8, 4) is 11.6 Å². The number of aryl methyl sites for hydroxylation is 1. The van der Waals surface area contributed by atoms with Crippen molar-refractivity contribution in [3.63, 3.8) is 0 Å². The maximum atomic E-state index is 12.5. The Bertz CT molecular complexity index is 1640. The van der Waals surface area contributed by atoms with Gasteiger partial charge in [0.15, 0.2) is 11.7 Å². The fourth-order valence-corrected chi connectivity index (χ4v) is 5.29. The summed E-state index contributed by atoms with van der Waals surface area (Å²) in [6.07, 6.45) is 5.67. The van der Waals surface area contributed by atoms with Crippen molar-refractivity contribution in [1.82, 2.24) is 19.9 Å². The lowest BCUT2D eigenvalue weighted by atomic mass is 10.0. The minimum atomic E-state index is -0.239. The molecule has 1 saturated heterocycles. The predicted molar refractivity (Wildman–Crippen MR) is 163 cm³/mol. The minimum absolute atomic E-state index is 0.0796. The van der Waals surface area contributed by atoms with Crippen LogP contribution in [0.1, 0.15) is 29.0 Å². The number of ether oxygens (including phenoxy) is 1. The van der Waals surface area contributed by atoms with E-state index in [0.29, 0.717) is 16.5 Å². The van der Waals surface area contributed by atoms with Crippen molar-refractivity contribution >= 4 is 34.6 Å². The Balaban J connectivity index is 1.28. The molecule has 1 amide bonds. The molecule has 1 aliphatic heterocycles. The summed E-state index contributed by atoms with van der Waals surface area (Å²) in [7, 11) is 0. The highest BCUT2D eigenvalue weighted by Crippen LogP contribution is 2.42. The molecule has 0 bridgehead atoms. The number of carbonyl (C=O) groups is 1. The van der Waals surface area contributed by atoms with Crippen LogP contribution >= 0.6 is 12.2 Å². The fourth-order valence-electron chi connectivity index (χ4n) is 4.95. The van der Waals surface area contributed by atoms with E-state index in [1.807, 2.05) is 104 Å². The van der Waals surface area contributed by atoms with Crippen LogP contribution in [0.4, 0.5) is 11.4 Å². The summed E-state index contributed by atoms with van der Waals surface area (Å²) in [6.45, 7) is 1.94. The van der Waals surface area contributed by atoms with Crippen molar-refractivity contribution in [1.29, 1.82) is 0 Å². The number of hydrogen-bond donors (Lipinski definition) is 2. The topological polar surface area (TPSA) is 84.3 Å². The van der Waals surface area contributed by atoms with Crippen LogP contribution < -0.4 is 20.3 Å². The standard InChI is InChI=1S/C32H28N6O2S/c1-22-12-17-28(34-20-22)37-19-7-11-27(37)31-30(26-10-5-6-18-33-26)36-32(41)38(31)24-15-13-23(14-16-24)35-29(39)21-40-25-8-3-2-4-9-25/h2-20,30-31H,21H2,1H3,(H,35,39)(H,36,41)/t30-,31+/m1/s1. The van der Waals surface area contributed by atoms with Crippen molar-refractivity contribution in [2.24, 2.45) is 0 Å². The summed E-state index contributed by atoms with van der Waals surface area (Å²) in [4.78, 5) is 23.9. The molecule has 4 heterocycles. The van der Waals surface area contributed by atoms with Gasteiger partial charge in [0.2, 0.25) is 0 Å². The molecule has 0 spiro atoms. The number of amides is 1. The molecule has 2 N–H and O–H groups in total.